The number of hydrogen-bond donors (Lipinski definition) is 2. The van der Waals surface area contributed by atoms with Gasteiger partial charge in [0, 0.05) is 23.8 Å². The molecule has 5 aromatic rings. The van der Waals surface area contributed by atoms with Crippen LogP contribution >= 0.6 is 0 Å². The van der Waals surface area contributed by atoms with E-state index < -0.39 is 35.8 Å². The molecule has 1 saturated carbocycles. The summed E-state index contributed by atoms with van der Waals surface area (Å²) in [5.74, 6) is -0.914. The molecule has 1 aliphatic heterocycles. The second-order valence-electron chi connectivity index (χ2n) is 14.2. The number of fused-ring (bicyclic) bond motifs is 4. The number of nitrogens with zero attached hydrogens (tertiary/aromatic N) is 5. The molecule has 11 nitrogen and oxygen atoms in total. The summed E-state index contributed by atoms with van der Waals surface area (Å²) in [5, 5.41) is 6.57. The van der Waals surface area contributed by atoms with Gasteiger partial charge in [-0.1, -0.05) is 12.1 Å². The first-order valence-corrected chi connectivity index (χ1v) is 16.0. The molecule has 248 valence electrons. The van der Waals surface area contributed by atoms with E-state index in [0.29, 0.717) is 64.8 Å². The van der Waals surface area contributed by atoms with Gasteiger partial charge in [0.25, 0.3) is 6.43 Å². The molecule has 2 aliphatic rings. The van der Waals surface area contributed by atoms with Crippen LogP contribution in [0.2, 0.25) is 0 Å². The Morgan fingerprint density at radius 3 is 2.75 bits per heavy atom. The van der Waals surface area contributed by atoms with Gasteiger partial charge < -0.3 is 24.3 Å². The number of hydrogen-bond acceptors (Lipinski definition) is 6. The monoisotopic (exact) mass is 659 g/mol. The summed E-state index contributed by atoms with van der Waals surface area (Å²) in [5.41, 5.74) is 4.45. The lowest BCUT2D eigenvalue weighted by molar-refractivity contribution is -0.00789. The van der Waals surface area contributed by atoms with E-state index in [4.69, 9.17) is 14.5 Å². The third-order valence-electron chi connectivity index (χ3n) is 9.55. The summed E-state index contributed by atoms with van der Waals surface area (Å²) < 4.78 is 57.5. The van der Waals surface area contributed by atoms with Crippen molar-refractivity contribution in [2.75, 3.05) is 7.11 Å². The summed E-state index contributed by atoms with van der Waals surface area (Å²) in [4.78, 5) is 34.5. The number of carbonyl (C=O) groups is 1. The Kier molecular flexibility index (Phi) is 7.61. The minimum Gasteiger partial charge on any atom is -0.453 e. The number of carbonyl (C=O) groups excluding carboxylic acids is 1. The molecular weight excluding hydrogens is 624 g/mol. The van der Waals surface area contributed by atoms with Gasteiger partial charge in [-0.3, -0.25) is 9.25 Å². The molecule has 2 atom stereocenters. The first-order valence-electron chi connectivity index (χ1n) is 16.0. The molecule has 17 heteroatoms. The van der Waals surface area contributed by atoms with Gasteiger partial charge in [0.1, 0.15) is 35.7 Å². The second kappa shape index (κ2) is 11.4. The van der Waals surface area contributed by atoms with Gasteiger partial charge >= 0.3 is 11.8 Å². The summed E-state index contributed by atoms with van der Waals surface area (Å²) >= 11 is 0. The molecule has 5 heterocycles. The van der Waals surface area contributed by atoms with Crippen LogP contribution in [0, 0.1) is 5.95 Å². The maximum absolute atomic E-state index is 15.6. The van der Waals surface area contributed by atoms with E-state index in [-0.39, 0.29) is 23.3 Å². The number of amides is 1. The standard InChI is InChI=1S/C31H35B3F3N7O4/c1-30(2)19-7-4-14(8-15(19)13-48-30)22-23-25-20(10-38-27(23)40-24(22)18-11-42(12-21(35)36)41-26(18)37)44(31(32,33)34)29(46)43(25)17-6-5-16(9-17)39-28(45)47-3/h4,7-8,10-11,16-17,21H,5-6,9,12-13,32-34H2,1-3H3,(H,38,40)(H,39,45)/t16-,17-/m1/s1. The van der Waals surface area contributed by atoms with Crippen LogP contribution in [0.3, 0.4) is 0 Å². The Hall–Kier alpha value is -4.40. The van der Waals surface area contributed by atoms with E-state index in [0.717, 1.165) is 15.8 Å². The predicted octanol–water partition coefficient (Wildman–Crippen LogP) is 2.30. The van der Waals surface area contributed by atoms with Crippen LogP contribution in [0.15, 0.2) is 35.4 Å². The van der Waals surface area contributed by atoms with Crippen molar-refractivity contribution in [2.45, 2.75) is 75.6 Å². The van der Waals surface area contributed by atoms with E-state index in [1.807, 2.05) is 55.6 Å². The predicted molar refractivity (Wildman–Crippen MR) is 182 cm³/mol. The lowest BCUT2D eigenvalue weighted by Crippen LogP contribution is -2.43. The fraction of sp³-hybridized carbons (Fsp3) is 0.419. The van der Waals surface area contributed by atoms with Crippen molar-refractivity contribution in [3.63, 3.8) is 0 Å². The Morgan fingerprint density at radius 2 is 2.04 bits per heavy atom. The number of H-pyrrole nitrogens is 1. The van der Waals surface area contributed by atoms with Crippen molar-refractivity contribution in [2.24, 2.45) is 0 Å². The maximum atomic E-state index is 15.6. The number of aromatic nitrogens is 6. The number of alkyl carbamates (subject to hydrolysis) is 1. The van der Waals surface area contributed by atoms with E-state index in [2.05, 4.69) is 15.4 Å². The van der Waals surface area contributed by atoms with Gasteiger partial charge in [-0.15, -0.1) is 5.10 Å². The molecule has 1 amide bonds. The normalized spacial score (nSPS) is 19.1. The molecule has 1 fully saturated rings. The Labute approximate surface area is 276 Å². The Bertz CT molecular complexity index is 2150. The van der Waals surface area contributed by atoms with Crippen molar-refractivity contribution >= 4 is 51.7 Å². The molecule has 48 heavy (non-hydrogen) atoms. The first kappa shape index (κ1) is 32.2. The van der Waals surface area contributed by atoms with E-state index in [1.165, 1.54) is 13.3 Å². The average molecular weight is 659 g/mol. The van der Waals surface area contributed by atoms with Crippen molar-refractivity contribution in [3.8, 4) is 22.4 Å². The summed E-state index contributed by atoms with van der Waals surface area (Å²) in [6.45, 7) is 3.60. The van der Waals surface area contributed by atoms with E-state index in [1.54, 1.807) is 15.3 Å². The molecule has 1 aromatic carbocycles. The zero-order valence-electron chi connectivity index (χ0n) is 27.7. The van der Waals surface area contributed by atoms with E-state index in [9.17, 15) is 18.4 Å². The topological polar surface area (TPSA) is 121 Å². The number of halogens is 3. The average Bonchev–Trinajstić information content (AvgIpc) is 3.81. The van der Waals surface area contributed by atoms with Gasteiger partial charge in [-0.05, 0) is 61.1 Å². The van der Waals surface area contributed by atoms with Crippen LogP contribution in [0.1, 0.15) is 50.3 Å². The van der Waals surface area contributed by atoms with Gasteiger partial charge in [-0.2, -0.15) is 4.39 Å². The highest BCUT2D eigenvalue weighted by atomic mass is 19.3. The van der Waals surface area contributed by atoms with Gasteiger partial charge in [0.2, 0.25) is 5.95 Å². The number of imidazole rings is 1. The number of ether oxygens (including phenoxy) is 2. The van der Waals surface area contributed by atoms with Crippen molar-refractivity contribution in [1.82, 2.24) is 34.2 Å². The first-order chi connectivity index (χ1) is 22.7. The zero-order valence-corrected chi connectivity index (χ0v) is 27.7. The minimum atomic E-state index is -2.73. The quantitative estimate of drug-likeness (QED) is 0.259. The number of rotatable bonds is 7. The molecule has 0 bridgehead atoms. The van der Waals surface area contributed by atoms with Gasteiger partial charge in [0.05, 0.1) is 53.2 Å². The van der Waals surface area contributed by atoms with Crippen molar-refractivity contribution in [3.05, 3.63) is 58.2 Å². The van der Waals surface area contributed by atoms with Gasteiger partial charge in [0.15, 0.2) is 0 Å². The van der Waals surface area contributed by atoms with Crippen LogP contribution < -0.4 is 11.0 Å². The minimum absolute atomic E-state index is 0.00115. The molecule has 0 spiro atoms. The third-order valence-corrected chi connectivity index (χ3v) is 9.55. The lowest BCUT2D eigenvalue weighted by Gasteiger charge is -2.21. The summed E-state index contributed by atoms with van der Waals surface area (Å²) in [6.07, 6.45) is 1.40. The number of benzene rings is 1. The van der Waals surface area contributed by atoms with Crippen LogP contribution in [0.4, 0.5) is 18.0 Å². The molecule has 0 unspecified atom stereocenters. The number of pyridine rings is 1. The van der Waals surface area contributed by atoms with Crippen LogP contribution in [0.5, 0.6) is 0 Å². The van der Waals surface area contributed by atoms with Gasteiger partial charge in [-0.25, -0.2) is 23.4 Å². The summed E-state index contributed by atoms with van der Waals surface area (Å²) in [6, 6.07) is 5.43. The van der Waals surface area contributed by atoms with Crippen LogP contribution in [0.25, 0.3) is 44.5 Å². The largest absolute Gasteiger partial charge is 0.453 e. The molecule has 4 aromatic heterocycles. The van der Waals surface area contributed by atoms with Crippen molar-refractivity contribution in [1.29, 1.82) is 0 Å². The number of nitrogens with one attached hydrogen (secondary N) is 2. The fourth-order valence-electron chi connectivity index (χ4n) is 7.46. The smallest absolute Gasteiger partial charge is 0.407 e. The maximum Gasteiger partial charge on any atom is 0.407 e. The Balaban J connectivity index is 1.54. The molecule has 1 aliphatic carbocycles. The number of aromatic amines is 1. The molecule has 0 saturated heterocycles. The van der Waals surface area contributed by atoms with Crippen molar-refractivity contribution < 1.29 is 27.4 Å². The fourth-order valence-corrected chi connectivity index (χ4v) is 7.46. The SMILES string of the molecule is BC(B)(B)n1c(=O)n([C@@H]2CC[C@@H](NC(=O)OC)C2)c2c3c(-c4ccc5c(c4)COC5(C)C)c(-c4cn(CC(F)F)nc4F)[nH]c3ncc21. The number of methoxy groups -OCH3 is 1. The molecule has 0 radical (unpaired) electrons. The highest BCUT2D eigenvalue weighted by molar-refractivity contribution is 6.56. The van der Waals surface area contributed by atoms with Crippen LogP contribution in [-0.4, -0.2) is 78.1 Å². The highest BCUT2D eigenvalue weighted by Crippen LogP contribution is 2.45. The van der Waals surface area contributed by atoms with E-state index >= 15 is 4.39 Å². The third kappa shape index (κ3) is 5.22. The lowest BCUT2D eigenvalue weighted by atomic mass is 9.49. The Morgan fingerprint density at radius 1 is 1.27 bits per heavy atom. The molecule has 7 rings (SSSR count). The van der Waals surface area contributed by atoms with Crippen LogP contribution in [-0.2, 0) is 33.5 Å². The molecular formula is C31H35B3F3N7O4. The second-order valence-corrected chi connectivity index (χ2v) is 14.2. The number of alkyl halides is 2. The highest BCUT2D eigenvalue weighted by Gasteiger charge is 2.36. The molecule has 2 N–H and O–H groups in total. The summed E-state index contributed by atoms with van der Waals surface area (Å²) in [7, 11) is 7.13. The zero-order chi connectivity index (χ0) is 34.3.